The summed E-state index contributed by atoms with van der Waals surface area (Å²) in [4.78, 5) is 28.6. The van der Waals surface area contributed by atoms with Gasteiger partial charge in [0.05, 0.1) is 6.61 Å². The minimum atomic E-state index is -1.68. The van der Waals surface area contributed by atoms with Crippen molar-refractivity contribution in [3.63, 3.8) is 0 Å². The van der Waals surface area contributed by atoms with E-state index in [-0.39, 0.29) is 12.3 Å². The third-order valence-corrected chi connectivity index (χ3v) is 5.20. The number of aliphatic hydroxyl groups is 4. The van der Waals surface area contributed by atoms with E-state index in [0.717, 1.165) is 4.90 Å². The Bertz CT molecular complexity index is 496. The number of piperidine rings is 1. The van der Waals surface area contributed by atoms with Crippen molar-refractivity contribution in [2.75, 3.05) is 26.7 Å². The molecule has 9 nitrogen and oxygen atoms in total. The molecule has 0 spiro atoms. The topological polar surface area (TPSA) is 131 Å². The van der Waals surface area contributed by atoms with E-state index in [1.54, 1.807) is 6.92 Å². The van der Waals surface area contributed by atoms with Crippen LogP contribution in [0, 0.1) is 5.92 Å². The van der Waals surface area contributed by atoms with Gasteiger partial charge in [-0.25, -0.2) is 0 Å². The molecule has 0 aromatic rings. The van der Waals surface area contributed by atoms with Gasteiger partial charge in [0.25, 0.3) is 0 Å². The lowest BCUT2D eigenvalue weighted by Gasteiger charge is -2.45. The first-order valence-electron chi connectivity index (χ1n) is 9.16. The van der Waals surface area contributed by atoms with Crippen LogP contribution < -0.4 is 0 Å². The van der Waals surface area contributed by atoms with Crippen LogP contribution in [0.4, 0.5) is 0 Å². The summed E-state index contributed by atoms with van der Waals surface area (Å²) in [6.07, 6.45) is -4.26. The van der Waals surface area contributed by atoms with E-state index in [2.05, 4.69) is 4.90 Å². The molecule has 2 aliphatic rings. The van der Waals surface area contributed by atoms with E-state index in [9.17, 15) is 30.0 Å². The Morgan fingerprint density at radius 1 is 1.15 bits per heavy atom. The van der Waals surface area contributed by atoms with Gasteiger partial charge in [-0.15, -0.1) is 0 Å². The Hall–Kier alpha value is -1.10. The van der Waals surface area contributed by atoms with Crippen molar-refractivity contribution in [2.24, 2.45) is 5.92 Å². The van der Waals surface area contributed by atoms with Gasteiger partial charge in [-0.3, -0.25) is 14.5 Å². The summed E-state index contributed by atoms with van der Waals surface area (Å²) in [5.74, 6) is -1.37. The smallest absolute Gasteiger partial charge is 0.232 e. The van der Waals surface area contributed by atoms with Crippen LogP contribution in [0.3, 0.4) is 0 Å². The minimum absolute atomic E-state index is 0.0772. The number of hydrogen-bond donors (Lipinski definition) is 4. The maximum absolute atomic E-state index is 13.0. The Kier molecular flexibility index (Phi) is 7.51. The molecule has 26 heavy (non-hydrogen) atoms. The molecule has 0 aromatic carbocycles. The molecule has 0 aliphatic carbocycles. The number of amides is 2. The molecule has 9 heteroatoms. The first kappa shape index (κ1) is 21.2. The van der Waals surface area contributed by atoms with Gasteiger partial charge in [-0.2, -0.15) is 0 Å². The molecule has 2 amide bonds. The number of carbonyl (C=O) groups is 2. The van der Waals surface area contributed by atoms with Crippen LogP contribution in [0.25, 0.3) is 0 Å². The second kappa shape index (κ2) is 9.20. The van der Waals surface area contributed by atoms with Gasteiger partial charge in [-0.1, -0.05) is 6.92 Å². The van der Waals surface area contributed by atoms with Crippen molar-refractivity contribution in [1.29, 1.82) is 0 Å². The lowest BCUT2D eigenvalue weighted by molar-refractivity contribution is -0.269. The largest absolute Gasteiger partial charge is 0.394 e. The van der Waals surface area contributed by atoms with Crippen molar-refractivity contribution in [1.82, 2.24) is 9.80 Å². The molecule has 2 fully saturated rings. The van der Waals surface area contributed by atoms with Crippen molar-refractivity contribution >= 4 is 11.8 Å². The summed E-state index contributed by atoms with van der Waals surface area (Å²) >= 11 is 0. The van der Waals surface area contributed by atoms with Crippen LogP contribution in [0.1, 0.15) is 32.6 Å². The van der Waals surface area contributed by atoms with Crippen molar-refractivity contribution in [3.05, 3.63) is 0 Å². The lowest BCUT2D eigenvalue weighted by Crippen LogP contribution is -2.67. The molecule has 0 aromatic heterocycles. The van der Waals surface area contributed by atoms with Gasteiger partial charge < -0.3 is 30.1 Å². The molecule has 0 radical (unpaired) electrons. The average Bonchev–Trinajstić information content (AvgIpc) is 2.62. The molecule has 0 bridgehead atoms. The number of likely N-dealkylation sites (tertiary alicyclic amines) is 1. The summed E-state index contributed by atoms with van der Waals surface area (Å²) in [6, 6.07) is -1.40. The predicted octanol–water partition coefficient (Wildman–Crippen LogP) is -1.72. The fourth-order valence-corrected chi connectivity index (χ4v) is 3.58. The van der Waals surface area contributed by atoms with Gasteiger partial charge in [0.1, 0.15) is 24.4 Å². The molecular formula is C17H30N2O7. The number of rotatable bonds is 5. The molecule has 2 rings (SSSR count). The molecule has 0 saturated carbocycles. The summed E-state index contributed by atoms with van der Waals surface area (Å²) in [5.41, 5.74) is 0. The first-order chi connectivity index (χ1) is 12.3. The average molecular weight is 374 g/mol. The minimum Gasteiger partial charge on any atom is -0.394 e. The van der Waals surface area contributed by atoms with Crippen LogP contribution in [0.15, 0.2) is 0 Å². The van der Waals surface area contributed by atoms with Crippen molar-refractivity contribution in [3.8, 4) is 0 Å². The number of carbonyl (C=O) groups excluding carboxylic acids is 2. The summed E-state index contributed by atoms with van der Waals surface area (Å²) in [7, 11) is 1.95. The quantitative estimate of drug-likeness (QED) is 0.447. The van der Waals surface area contributed by atoms with Crippen LogP contribution in [0.2, 0.25) is 0 Å². The Labute approximate surface area is 153 Å². The van der Waals surface area contributed by atoms with Crippen LogP contribution in [-0.4, -0.2) is 99.4 Å². The third kappa shape index (κ3) is 4.41. The number of hydrogen-bond acceptors (Lipinski definition) is 8. The maximum Gasteiger partial charge on any atom is 0.232 e. The molecule has 2 heterocycles. The van der Waals surface area contributed by atoms with Gasteiger partial charge in [-0.05, 0) is 39.4 Å². The fraction of sp³-hybridized carbons (Fsp3) is 0.882. The standard InChI is InChI=1S/C17H30N2O7/c1-3-4-12(21)19(16(24)10-5-7-18(2)8-6-10)13-15(23)14(22)11(9-20)26-17(13)25/h10-11,13-15,17,20,22-23,25H,3-9H2,1-2H3/t11-,13-,14-,15-,17?/m1/s1. The van der Waals surface area contributed by atoms with Gasteiger partial charge in [0.15, 0.2) is 6.29 Å². The lowest BCUT2D eigenvalue weighted by atomic mass is 9.91. The normalized spacial score (nSPS) is 33.8. The maximum atomic E-state index is 13.0. The summed E-state index contributed by atoms with van der Waals surface area (Å²) in [5, 5.41) is 40.0. The molecule has 2 saturated heterocycles. The van der Waals surface area contributed by atoms with Crippen LogP contribution in [0.5, 0.6) is 0 Å². The zero-order valence-corrected chi connectivity index (χ0v) is 15.3. The highest BCUT2D eigenvalue weighted by Crippen LogP contribution is 2.28. The third-order valence-electron chi connectivity index (χ3n) is 5.20. The van der Waals surface area contributed by atoms with Crippen LogP contribution in [-0.2, 0) is 14.3 Å². The number of aliphatic hydroxyl groups excluding tert-OH is 4. The fourth-order valence-electron chi connectivity index (χ4n) is 3.58. The first-order valence-corrected chi connectivity index (χ1v) is 9.16. The van der Waals surface area contributed by atoms with E-state index in [1.165, 1.54) is 0 Å². The van der Waals surface area contributed by atoms with Crippen LogP contribution >= 0.6 is 0 Å². The molecule has 2 aliphatic heterocycles. The highest BCUT2D eigenvalue weighted by molar-refractivity contribution is 5.97. The SMILES string of the molecule is CCCC(=O)N(C(=O)C1CCN(C)CC1)[C@H]1C(O)O[C@H](CO)[C@@H](O)[C@@H]1O. The Morgan fingerprint density at radius 2 is 1.77 bits per heavy atom. The second-order valence-corrected chi connectivity index (χ2v) is 7.15. The number of ether oxygens (including phenoxy) is 1. The highest BCUT2D eigenvalue weighted by Gasteiger charge is 2.50. The highest BCUT2D eigenvalue weighted by atomic mass is 16.6. The molecule has 5 atom stereocenters. The molecular weight excluding hydrogens is 344 g/mol. The summed E-state index contributed by atoms with van der Waals surface area (Å²) in [6.45, 7) is 2.62. The Morgan fingerprint density at radius 3 is 2.31 bits per heavy atom. The molecule has 4 N–H and O–H groups in total. The van der Waals surface area contributed by atoms with Gasteiger partial charge >= 0.3 is 0 Å². The van der Waals surface area contributed by atoms with E-state index in [1.807, 2.05) is 7.05 Å². The van der Waals surface area contributed by atoms with E-state index in [4.69, 9.17) is 4.74 Å². The number of imide groups is 1. The van der Waals surface area contributed by atoms with E-state index < -0.39 is 49.1 Å². The Balaban J connectivity index is 2.26. The predicted molar refractivity (Wildman–Crippen MR) is 90.7 cm³/mol. The molecule has 1 unspecified atom stereocenters. The monoisotopic (exact) mass is 374 g/mol. The van der Waals surface area contributed by atoms with Gasteiger partial charge in [0, 0.05) is 12.3 Å². The van der Waals surface area contributed by atoms with Gasteiger partial charge in [0.2, 0.25) is 11.8 Å². The zero-order chi connectivity index (χ0) is 19.4. The van der Waals surface area contributed by atoms with E-state index >= 15 is 0 Å². The van der Waals surface area contributed by atoms with Crippen molar-refractivity contribution in [2.45, 2.75) is 63.3 Å². The van der Waals surface area contributed by atoms with E-state index in [0.29, 0.717) is 32.4 Å². The zero-order valence-electron chi connectivity index (χ0n) is 15.3. The molecule has 150 valence electrons. The summed E-state index contributed by atoms with van der Waals surface area (Å²) < 4.78 is 5.14. The van der Waals surface area contributed by atoms with Crippen molar-refractivity contribution < 1.29 is 34.8 Å². The number of nitrogens with zero attached hydrogens (tertiary/aromatic N) is 2. The second-order valence-electron chi connectivity index (χ2n) is 7.15.